The highest BCUT2D eigenvalue weighted by molar-refractivity contribution is 7.89. The molecule has 128 valence electrons. The second-order valence-electron chi connectivity index (χ2n) is 5.00. The quantitative estimate of drug-likeness (QED) is 0.825. The van der Waals surface area contributed by atoms with E-state index in [0.717, 1.165) is 5.56 Å². The summed E-state index contributed by atoms with van der Waals surface area (Å²) in [6.07, 6.45) is 0. The van der Waals surface area contributed by atoms with E-state index in [0.29, 0.717) is 17.9 Å². The molecule has 0 spiro atoms. The second-order valence-corrected chi connectivity index (χ2v) is 6.53. The maximum Gasteiger partial charge on any atom is 0.255 e. The minimum atomic E-state index is -3.98. The molecular weight excluding hydrogens is 332 g/mol. The number of amides is 1. The van der Waals surface area contributed by atoms with Gasteiger partial charge in [0.1, 0.15) is 10.6 Å². The Balaban J connectivity index is 2.28. The molecule has 1 amide bonds. The van der Waals surface area contributed by atoms with Gasteiger partial charge in [0.2, 0.25) is 10.0 Å². The fourth-order valence-electron chi connectivity index (χ4n) is 2.15. The van der Waals surface area contributed by atoms with Gasteiger partial charge in [-0.15, -0.1) is 0 Å². The minimum Gasteiger partial charge on any atom is -0.495 e. The fourth-order valence-corrected chi connectivity index (χ4v) is 2.87. The zero-order valence-corrected chi connectivity index (χ0v) is 14.1. The Morgan fingerprint density at radius 2 is 1.92 bits per heavy atom. The Labute approximate surface area is 140 Å². The first-order valence-electron chi connectivity index (χ1n) is 6.95. The van der Waals surface area contributed by atoms with Gasteiger partial charge in [-0.05, 0) is 35.9 Å². The number of hydrogen-bond donors (Lipinski definition) is 2. The van der Waals surface area contributed by atoms with E-state index in [9.17, 15) is 13.2 Å². The molecule has 3 N–H and O–H groups in total. The average molecular weight is 350 g/mol. The standard InChI is InChI=1S/C16H18N2O5S/c1-22-10-11-4-3-5-12(8-11)16(19)18-13-6-7-14(23-2)15(9-13)24(17,20)21/h3-9H,10H2,1-2H3,(H,18,19)(H2,17,20,21). The van der Waals surface area contributed by atoms with Crippen LogP contribution < -0.4 is 15.2 Å². The number of sulfonamides is 1. The maximum atomic E-state index is 12.3. The molecule has 0 fully saturated rings. The highest BCUT2D eigenvalue weighted by atomic mass is 32.2. The first-order valence-corrected chi connectivity index (χ1v) is 8.50. The van der Waals surface area contributed by atoms with Crippen molar-refractivity contribution in [2.45, 2.75) is 11.5 Å². The fraction of sp³-hybridized carbons (Fsp3) is 0.188. The van der Waals surface area contributed by atoms with Gasteiger partial charge in [0.05, 0.1) is 13.7 Å². The number of carbonyl (C=O) groups excluding carboxylic acids is 1. The summed E-state index contributed by atoms with van der Waals surface area (Å²) in [5.74, 6) is -0.268. The van der Waals surface area contributed by atoms with Gasteiger partial charge in [0.25, 0.3) is 5.91 Å². The molecule has 2 aromatic rings. The summed E-state index contributed by atoms with van der Waals surface area (Å²) in [5, 5.41) is 7.80. The van der Waals surface area contributed by atoms with Crippen molar-refractivity contribution in [2.75, 3.05) is 19.5 Å². The van der Waals surface area contributed by atoms with E-state index in [1.54, 1.807) is 25.3 Å². The molecule has 0 aliphatic rings. The lowest BCUT2D eigenvalue weighted by molar-refractivity contribution is 0.102. The SMILES string of the molecule is COCc1cccc(C(=O)Nc2ccc(OC)c(S(N)(=O)=O)c2)c1. The Hall–Kier alpha value is -2.42. The molecule has 0 aromatic heterocycles. The van der Waals surface area contributed by atoms with Gasteiger partial charge in [-0.3, -0.25) is 4.79 Å². The molecule has 0 radical (unpaired) electrons. The number of ether oxygens (including phenoxy) is 2. The summed E-state index contributed by atoms with van der Waals surface area (Å²) < 4.78 is 33.2. The van der Waals surface area contributed by atoms with Gasteiger partial charge in [0.15, 0.2) is 0 Å². The molecule has 0 saturated carbocycles. The number of rotatable bonds is 6. The molecule has 2 aromatic carbocycles. The molecule has 0 heterocycles. The van der Waals surface area contributed by atoms with Crippen LogP contribution in [0, 0.1) is 0 Å². The molecule has 0 saturated heterocycles. The van der Waals surface area contributed by atoms with Gasteiger partial charge in [-0.1, -0.05) is 12.1 Å². The normalized spacial score (nSPS) is 11.1. The molecule has 7 nitrogen and oxygen atoms in total. The van der Waals surface area contributed by atoms with E-state index in [4.69, 9.17) is 14.6 Å². The van der Waals surface area contributed by atoms with Crippen LogP contribution in [0.2, 0.25) is 0 Å². The van der Waals surface area contributed by atoms with Crippen LogP contribution in [0.25, 0.3) is 0 Å². The van der Waals surface area contributed by atoms with E-state index >= 15 is 0 Å². The van der Waals surface area contributed by atoms with Gasteiger partial charge < -0.3 is 14.8 Å². The Kier molecular flexibility index (Phi) is 5.55. The Morgan fingerprint density at radius 3 is 2.54 bits per heavy atom. The number of nitrogens with one attached hydrogen (secondary N) is 1. The summed E-state index contributed by atoms with van der Waals surface area (Å²) in [7, 11) is -1.07. The average Bonchev–Trinajstić information content (AvgIpc) is 2.54. The van der Waals surface area contributed by atoms with Crippen molar-refractivity contribution in [2.24, 2.45) is 5.14 Å². The Bertz CT molecular complexity index is 849. The van der Waals surface area contributed by atoms with Crippen LogP contribution in [0.4, 0.5) is 5.69 Å². The van der Waals surface area contributed by atoms with Crippen molar-refractivity contribution in [1.82, 2.24) is 0 Å². The maximum absolute atomic E-state index is 12.3. The van der Waals surface area contributed by atoms with E-state index in [-0.39, 0.29) is 16.6 Å². The third kappa shape index (κ3) is 4.31. The van der Waals surface area contributed by atoms with Crippen LogP contribution in [-0.4, -0.2) is 28.5 Å². The van der Waals surface area contributed by atoms with Gasteiger partial charge in [-0.25, -0.2) is 13.6 Å². The largest absolute Gasteiger partial charge is 0.495 e. The monoisotopic (exact) mass is 350 g/mol. The third-order valence-electron chi connectivity index (χ3n) is 3.23. The van der Waals surface area contributed by atoms with Crippen molar-refractivity contribution in [3.63, 3.8) is 0 Å². The molecular formula is C16H18N2O5S. The molecule has 2 rings (SSSR count). The number of methoxy groups -OCH3 is 2. The predicted octanol–water partition coefficient (Wildman–Crippen LogP) is 1.74. The first-order chi connectivity index (χ1) is 11.3. The third-order valence-corrected chi connectivity index (χ3v) is 4.16. The molecule has 24 heavy (non-hydrogen) atoms. The lowest BCUT2D eigenvalue weighted by atomic mass is 10.1. The summed E-state index contributed by atoms with van der Waals surface area (Å²) in [6.45, 7) is 0.388. The first kappa shape index (κ1) is 17.9. The molecule has 0 aliphatic heterocycles. The van der Waals surface area contributed by atoms with Gasteiger partial charge >= 0.3 is 0 Å². The molecule has 0 atom stereocenters. The molecule has 0 aliphatic carbocycles. The van der Waals surface area contributed by atoms with E-state index in [2.05, 4.69) is 5.32 Å². The predicted molar refractivity (Wildman–Crippen MR) is 89.5 cm³/mol. The van der Waals surface area contributed by atoms with Crippen LogP contribution in [0.15, 0.2) is 47.4 Å². The number of nitrogens with two attached hydrogens (primary N) is 1. The van der Waals surface area contributed by atoms with Crippen LogP contribution in [0.5, 0.6) is 5.75 Å². The number of hydrogen-bond acceptors (Lipinski definition) is 5. The van der Waals surface area contributed by atoms with E-state index < -0.39 is 10.0 Å². The van der Waals surface area contributed by atoms with E-state index in [1.807, 2.05) is 6.07 Å². The van der Waals surface area contributed by atoms with Crippen LogP contribution >= 0.6 is 0 Å². The second kappa shape index (κ2) is 7.43. The van der Waals surface area contributed by atoms with Gasteiger partial charge in [-0.2, -0.15) is 0 Å². The molecule has 8 heteroatoms. The van der Waals surface area contributed by atoms with Crippen LogP contribution in [0.3, 0.4) is 0 Å². The Morgan fingerprint density at radius 1 is 1.17 bits per heavy atom. The zero-order valence-electron chi connectivity index (χ0n) is 13.3. The van der Waals surface area contributed by atoms with Crippen molar-refractivity contribution < 1.29 is 22.7 Å². The topological polar surface area (TPSA) is 108 Å². The summed E-state index contributed by atoms with van der Waals surface area (Å²) >= 11 is 0. The number of benzene rings is 2. The number of primary sulfonamides is 1. The summed E-state index contributed by atoms with van der Waals surface area (Å²) in [6, 6.07) is 11.1. The summed E-state index contributed by atoms with van der Waals surface area (Å²) in [5.41, 5.74) is 1.57. The summed E-state index contributed by atoms with van der Waals surface area (Å²) in [4.78, 5) is 12.1. The highest BCUT2D eigenvalue weighted by Crippen LogP contribution is 2.26. The zero-order chi connectivity index (χ0) is 17.7. The smallest absolute Gasteiger partial charge is 0.255 e. The van der Waals surface area contributed by atoms with Crippen molar-refractivity contribution in [1.29, 1.82) is 0 Å². The van der Waals surface area contributed by atoms with Crippen molar-refractivity contribution >= 4 is 21.6 Å². The van der Waals surface area contributed by atoms with Crippen LogP contribution in [-0.2, 0) is 21.4 Å². The lowest BCUT2D eigenvalue weighted by Crippen LogP contribution is -2.16. The van der Waals surface area contributed by atoms with E-state index in [1.165, 1.54) is 25.3 Å². The molecule has 0 bridgehead atoms. The lowest BCUT2D eigenvalue weighted by Gasteiger charge is -2.11. The van der Waals surface area contributed by atoms with Gasteiger partial charge in [0, 0.05) is 18.4 Å². The minimum absolute atomic E-state index is 0.109. The number of carbonyl (C=O) groups is 1. The van der Waals surface area contributed by atoms with Crippen LogP contribution in [0.1, 0.15) is 15.9 Å². The number of anilines is 1. The van der Waals surface area contributed by atoms with Crippen molar-refractivity contribution in [3.05, 3.63) is 53.6 Å². The van der Waals surface area contributed by atoms with Crippen molar-refractivity contribution in [3.8, 4) is 5.75 Å². The molecule has 0 unspecified atom stereocenters. The highest BCUT2D eigenvalue weighted by Gasteiger charge is 2.16.